The van der Waals surface area contributed by atoms with Gasteiger partial charge in [0.25, 0.3) is 0 Å². The van der Waals surface area contributed by atoms with Gasteiger partial charge >= 0.3 is 0 Å². The normalized spacial score (nSPS) is 18.2. The minimum absolute atomic E-state index is 0.798. The van der Waals surface area contributed by atoms with Crippen molar-refractivity contribution in [3.05, 3.63) is 6.67 Å². The van der Waals surface area contributed by atoms with Gasteiger partial charge in [0, 0.05) is 18.3 Å². The summed E-state index contributed by atoms with van der Waals surface area (Å²) in [5.41, 5.74) is 0. The second-order valence-electron chi connectivity index (χ2n) is 1.34. The highest BCUT2D eigenvalue weighted by atomic mass is 35.5. The largest absolute Gasteiger partial charge is 0.247 e. The van der Waals surface area contributed by atoms with E-state index in [9.17, 15) is 0 Å². The topological polar surface area (TPSA) is 31.2 Å². The van der Waals surface area contributed by atoms with Crippen LogP contribution in [0.25, 0.3) is 0 Å². The third kappa shape index (κ3) is 1.01. The van der Waals surface area contributed by atoms with E-state index in [1.54, 1.807) is 11.7 Å². The third-order valence-corrected chi connectivity index (χ3v) is 0.948. The van der Waals surface area contributed by atoms with Gasteiger partial charge < -0.3 is 0 Å². The van der Waals surface area contributed by atoms with Gasteiger partial charge in [-0.15, -0.1) is 0 Å². The Morgan fingerprint density at radius 3 is 2.62 bits per heavy atom. The maximum Gasteiger partial charge on any atom is 0.198 e. The lowest BCUT2D eigenvalue weighted by molar-refractivity contribution is 0.362. The summed E-state index contributed by atoms with van der Waals surface area (Å²) in [5.74, 6) is 0. The van der Waals surface area contributed by atoms with Crippen LogP contribution in [0.15, 0.2) is 10.4 Å². The van der Waals surface area contributed by atoms with Crippen molar-refractivity contribution in [3.63, 3.8) is 0 Å². The molecule has 8 heavy (non-hydrogen) atoms. The highest BCUT2D eigenvalue weighted by Crippen LogP contribution is 2.12. The zero-order valence-electron chi connectivity index (χ0n) is 4.45. The molecule has 1 aliphatic rings. The van der Waals surface area contributed by atoms with Crippen molar-refractivity contribution >= 4 is 11.8 Å². The van der Waals surface area contributed by atoms with Crippen LogP contribution in [0.4, 0.5) is 0 Å². The van der Waals surface area contributed by atoms with Crippen LogP contribution in [0.1, 0.15) is 6.92 Å². The second-order valence-corrected chi connectivity index (χ2v) is 1.69. The Hall–Kier alpha value is -0.510. The summed E-state index contributed by atoms with van der Waals surface area (Å²) in [5, 5.41) is 8.75. The molecule has 0 aliphatic carbocycles. The van der Waals surface area contributed by atoms with Gasteiger partial charge in [-0.2, -0.15) is 4.53 Å². The zero-order valence-corrected chi connectivity index (χ0v) is 5.21. The van der Waals surface area contributed by atoms with E-state index in [2.05, 4.69) is 10.4 Å². The molecule has 0 N–H and O–H groups in total. The SMILES string of the molecule is CCN1[CH]N(Cl)N=N1. The molecule has 0 bridgehead atoms. The highest BCUT2D eigenvalue weighted by Gasteiger charge is 2.10. The van der Waals surface area contributed by atoms with E-state index in [4.69, 9.17) is 11.8 Å². The Labute approximate surface area is 52.8 Å². The first-order chi connectivity index (χ1) is 3.83. The molecule has 4 nitrogen and oxygen atoms in total. The molecular weight excluding hydrogens is 128 g/mol. The Balaban J connectivity index is 2.34. The number of hydrogen-bond acceptors (Lipinski definition) is 4. The molecule has 0 aromatic heterocycles. The maximum absolute atomic E-state index is 5.36. The summed E-state index contributed by atoms with van der Waals surface area (Å²) in [6.45, 7) is 4.36. The molecule has 1 rings (SSSR count). The van der Waals surface area contributed by atoms with Gasteiger partial charge in [0.05, 0.1) is 0 Å². The lowest BCUT2D eigenvalue weighted by atomic mass is 10.7. The van der Waals surface area contributed by atoms with Crippen molar-refractivity contribution in [3.8, 4) is 0 Å². The fourth-order valence-electron chi connectivity index (χ4n) is 0.391. The minimum atomic E-state index is 0.798. The van der Waals surface area contributed by atoms with Crippen molar-refractivity contribution < 1.29 is 0 Å². The van der Waals surface area contributed by atoms with E-state index in [1.807, 2.05) is 6.92 Å². The van der Waals surface area contributed by atoms with E-state index in [0.717, 1.165) is 11.1 Å². The minimum Gasteiger partial charge on any atom is -0.247 e. The highest BCUT2D eigenvalue weighted by molar-refractivity contribution is 6.13. The molecule has 0 atom stereocenters. The number of halogens is 1. The van der Waals surface area contributed by atoms with Crippen LogP contribution in [-0.4, -0.2) is 16.1 Å². The van der Waals surface area contributed by atoms with Crippen LogP contribution >= 0.6 is 11.8 Å². The smallest absolute Gasteiger partial charge is 0.198 e. The van der Waals surface area contributed by atoms with Crippen molar-refractivity contribution in [2.75, 3.05) is 6.54 Å². The Morgan fingerprint density at radius 2 is 2.38 bits per heavy atom. The second kappa shape index (κ2) is 2.17. The summed E-state index contributed by atoms with van der Waals surface area (Å²) in [6, 6.07) is 0. The Kier molecular flexibility index (Phi) is 1.53. The van der Waals surface area contributed by atoms with E-state index in [-0.39, 0.29) is 0 Å². The van der Waals surface area contributed by atoms with Crippen LogP contribution in [0.2, 0.25) is 0 Å². The predicted molar refractivity (Wildman–Crippen MR) is 29.2 cm³/mol. The Morgan fingerprint density at radius 1 is 1.62 bits per heavy atom. The van der Waals surface area contributed by atoms with Gasteiger partial charge in [0.15, 0.2) is 6.67 Å². The van der Waals surface area contributed by atoms with E-state index < -0.39 is 0 Å². The van der Waals surface area contributed by atoms with E-state index >= 15 is 0 Å². The lowest BCUT2D eigenvalue weighted by Crippen LogP contribution is -2.12. The quantitative estimate of drug-likeness (QED) is 0.503. The molecule has 0 amide bonds. The van der Waals surface area contributed by atoms with Gasteiger partial charge in [0.1, 0.15) is 0 Å². The van der Waals surface area contributed by atoms with E-state index in [0.29, 0.717) is 0 Å². The summed E-state index contributed by atoms with van der Waals surface area (Å²) >= 11 is 5.36. The predicted octanol–water partition coefficient (Wildman–Crippen LogP) is 1.18. The maximum atomic E-state index is 5.36. The van der Waals surface area contributed by atoms with Crippen molar-refractivity contribution in [2.45, 2.75) is 6.92 Å². The fraction of sp³-hybridized carbons (Fsp3) is 0.667. The number of rotatable bonds is 1. The van der Waals surface area contributed by atoms with Crippen molar-refractivity contribution in [1.29, 1.82) is 0 Å². The molecule has 0 aromatic carbocycles. The van der Waals surface area contributed by atoms with Crippen LogP contribution < -0.4 is 0 Å². The molecule has 5 heteroatoms. The van der Waals surface area contributed by atoms with Crippen LogP contribution in [-0.2, 0) is 0 Å². The molecule has 1 radical (unpaired) electrons. The molecule has 0 unspecified atom stereocenters. The van der Waals surface area contributed by atoms with Gasteiger partial charge in [-0.05, 0) is 17.4 Å². The first-order valence-electron chi connectivity index (χ1n) is 2.31. The average molecular weight is 134 g/mol. The van der Waals surface area contributed by atoms with E-state index in [1.165, 1.54) is 0 Å². The summed E-state index contributed by atoms with van der Waals surface area (Å²) in [6.07, 6.45) is 0. The molecule has 1 aliphatic heterocycles. The molecule has 45 valence electrons. The molecule has 0 saturated heterocycles. The summed E-state index contributed by atoms with van der Waals surface area (Å²) in [7, 11) is 0. The first-order valence-corrected chi connectivity index (χ1v) is 2.65. The van der Waals surface area contributed by atoms with Crippen molar-refractivity contribution in [2.24, 2.45) is 10.4 Å². The summed E-state index contributed by atoms with van der Waals surface area (Å²) < 4.78 is 1.14. The standard InChI is InChI=1S/C3H6ClN4/c1-2-7-3-8(4)6-5-7/h3H,2H2,1H3. The fourth-order valence-corrected chi connectivity index (χ4v) is 0.522. The third-order valence-electron chi connectivity index (χ3n) is 0.793. The number of nitrogens with zero attached hydrogens (tertiary/aromatic N) is 4. The van der Waals surface area contributed by atoms with Gasteiger partial charge in [-0.1, -0.05) is 0 Å². The Bertz CT molecular complexity index is 103. The molecule has 0 fully saturated rings. The average Bonchev–Trinajstić information content (AvgIpc) is 2.14. The molecule has 0 aromatic rings. The van der Waals surface area contributed by atoms with Gasteiger partial charge in [-0.3, -0.25) is 0 Å². The molecule has 0 saturated carbocycles. The zero-order chi connectivity index (χ0) is 5.98. The van der Waals surface area contributed by atoms with Crippen molar-refractivity contribution in [1.82, 2.24) is 9.54 Å². The van der Waals surface area contributed by atoms with Gasteiger partial charge in [0.2, 0.25) is 0 Å². The molecule has 1 heterocycles. The van der Waals surface area contributed by atoms with Crippen LogP contribution in [0.3, 0.4) is 0 Å². The van der Waals surface area contributed by atoms with Crippen LogP contribution in [0.5, 0.6) is 0 Å². The molecule has 0 spiro atoms. The van der Waals surface area contributed by atoms with Gasteiger partial charge in [-0.25, -0.2) is 5.01 Å². The first kappa shape index (κ1) is 5.62. The molecular formula is C3H6ClN4. The monoisotopic (exact) mass is 133 g/mol. The number of hydrogen-bond donors (Lipinski definition) is 0. The summed E-state index contributed by atoms with van der Waals surface area (Å²) in [4.78, 5) is 0. The lowest BCUT2D eigenvalue weighted by Gasteiger charge is -2.05. The van der Waals surface area contributed by atoms with Crippen LogP contribution in [0, 0.1) is 6.67 Å².